The number of urea groups is 1. The van der Waals surface area contributed by atoms with Crippen molar-refractivity contribution in [2.45, 2.75) is 124 Å². The van der Waals surface area contributed by atoms with Crippen LogP contribution in [-0.2, 0) is 46.7 Å². The van der Waals surface area contributed by atoms with Gasteiger partial charge in [0.2, 0.25) is 11.8 Å². The van der Waals surface area contributed by atoms with Gasteiger partial charge in [0.25, 0.3) is 17.7 Å². The summed E-state index contributed by atoms with van der Waals surface area (Å²) in [4.78, 5) is 109. The molecule has 0 fully saturated rings. The maximum Gasteiger partial charge on any atom is 0.407 e. The predicted molar refractivity (Wildman–Crippen MR) is 285 cm³/mol. The topological polar surface area (TPSA) is 277 Å². The summed E-state index contributed by atoms with van der Waals surface area (Å²) < 4.78 is 50.9. The number of carbonyl (C=O) groups is 8. The molecule has 4 aromatic rings. The number of carbonyl (C=O) groups excluding carboxylic acids is 8. The first-order valence-corrected chi connectivity index (χ1v) is 26.2. The van der Waals surface area contributed by atoms with Crippen LogP contribution in [0.3, 0.4) is 0 Å². The van der Waals surface area contributed by atoms with Crippen molar-refractivity contribution in [3.8, 4) is 11.4 Å². The highest BCUT2D eigenvalue weighted by Crippen LogP contribution is 2.39. The lowest BCUT2D eigenvalue weighted by Crippen LogP contribution is -2.47. The van der Waals surface area contributed by atoms with Crippen molar-refractivity contribution in [3.63, 3.8) is 0 Å². The number of halogens is 3. The number of anilines is 1. The zero-order valence-electron chi connectivity index (χ0n) is 45.4. The molecule has 0 bridgehead atoms. The number of imide groups is 1. The third-order valence-corrected chi connectivity index (χ3v) is 12.9. The van der Waals surface area contributed by atoms with E-state index in [0.717, 1.165) is 16.5 Å². The second-order valence-electron chi connectivity index (χ2n) is 20.8. The molecule has 20 nitrogen and oxygen atoms in total. The van der Waals surface area contributed by atoms with Gasteiger partial charge in [0.1, 0.15) is 18.5 Å². The summed E-state index contributed by atoms with van der Waals surface area (Å²) in [6.07, 6.45) is 2.29. The minimum atomic E-state index is -1.48. The molecular weight excluding hydrogens is 1030 g/mol. The number of ether oxygens (including phenoxy) is 1. The zero-order valence-corrected chi connectivity index (χ0v) is 45.4. The maximum atomic E-state index is 15.2. The quantitative estimate of drug-likeness (QED) is 0.0190. The molecule has 0 aliphatic carbocycles. The molecule has 5 rings (SSSR count). The van der Waals surface area contributed by atoms with Gasteiger partial charge < -0.3 is 41.7 Å². The van der Waals surface area contributed by atoms with Gasteiger partial charge in [-0.3, -0.25) is 33.7 Å². The third kappa shape index (κ3) is 18.6. The molecule has 0 radical (unpaired) electrons. The van der Waals surface area contributed by atoms with E-state index in [1.807, 2.05) is 39.0 Å². The van der Waals surface area contributed by atoms with Gasteiger partial charge in [0.15, 0.2) is 29.1 Å². The highest BCUT2D eigenvalue weighted by Gasteiger charge is 2.40. The number of aromatic nitrogens is 3. The highest BCUT2D eigenvalue weighted by molar-refractivity contribution is 6.12. The molecule has 23 heteroatoms. The summed E-state index contributed by atoms with van der Waals surface area (Å²) >= 11 is 0. The van der Waals surface area contributed by atoms with Crippen molar-refractivity contribution in [2.24, 2.45) is 23.0 Å². The molecule has 7 N–H and O–H groups in total. The van der Waals surface area contributed by atoms with Crippen molar-refractivity contribution < 1.29 is 61.4 Å². The second-order valence-corrected chi connectivity index (χ2v) is 20.8. The van der Waals surface area contributed by atoms with E-state index in [1.54, 1.807) is 50.2 Å². The Balaban J connectivity index is 1.17. The van der Waals surface area contributed by atoms with E-state index in [9.17, 15) is 52.2 Å². The number of amides is 8. The first kappa shape index (κ1) is 61.9. The molecule has 0 saturated carbocycles. The molecule has 79 heavy (non-hydrogen) atoms. The van der Waals surface area contributed by atoms with E-state index in [2.05, 4.69) is 31.3 Å². The van der Waals surface area contributed by atoms with Crippen molar-refractivity contribution in [1.29, 1.82) is 0 Å². The number of ketones is 1. The van der Waals surface area contributed by atoms with Gasteiger partial charge in [-0.25, -0.2) is 32.4 Å². The molecule has 4 atom stereocenters. The van der Waals surface area contributed by atoms with Crippen molar-refractivity contribution >= 4 is 53.1 Å². The van der Waals surface area contributed by atoms with E-state index in [0.29, 0.717) is 43.0 Å². The molecule has 2 heterocycles. The number of aliphatic hydroxyl groups excluding tert-OH is 1. The van der Waals surface area contributed by atoms with E-state index in [1.165, 1.54) is 28.7 Å². The number of hydrogen-bond donors (Lipinski definition) is 6. The summed E-state index contributed by atoms with van der Waals surface area (Å²) in [5.41, 5.74) is 5.56. The molecule has 8 amide bonds. The van der Waals surface area contributed by atoms with Crippen LogP contribution in [0.5, 0.6) is 0 Å². The fourth-order valence-corrected chi connectivity index (χ4v) is 8.94. The first-order valence-electron chi connectivity index (χ1n) is 26.2. The summed E-state index contributed by atoms with van der Waals surface area (Å²) in [5, 5.41) is 25.9. The summed E-state index contributed by atoms with van der Waals surface area (Å²) in [5.74, 6) is -7.77. The fraction of sp³-hybridized carbons (Fsp3) is 0.464. The smallest absolute Gasteiger partial charge is 0.407 e. The number of aliphatic hydroxyl groups is 1. The number of unbranched alkanes of at least 4 members (excludes halogenated alkanes) is 2. The van der Waals surface area contributed by atoms with E-state index in [-0.39, 0.29) is 106 Å². The van der Waals surface area contributed by atoms with E-state index >= 15 is 4.39 Å². The molecular formula is C56H71F3N10O10. The maximum absolute atomic E-state index is 15.2. The summed E-state index contributed by atoms with van der Waals surface area (Å²) in [6, 6.07) is 14.1. The van der Waals surface area contributed by atoms with Gasteiger partial charge in [-0.15, -0.1) is 0 Å². The number of benzene rings is 3. The number of nitrogens with two attached hydrogens (primary N) is 1. The van der Waals surface area contributed by atoms with Crippen molar-refractivity contribution in [1.82, 2.24) is 40.5 Å². The zero-order chi connectivity index (χ0) is 58.0. The van der Waals surface area contributed by atoms with Gasteiger partial charge in [-0.05, 0) is 79.7 Å². The number of nitrogens with one attached hydrogen (secondary N) is 4. The van der Waals surface area contributed by atoms with Crippen LogP contribution in [0.4, 0.5) is 28.4 Å². The SMILES string of the molecule is CC(C)[C@H](NC(=O)CCCCCN1C(=O)C=CC1=O)C(=O)C[C@@H](CCCNC(N)=O)C(=O)Nc1ccc(COC(=O)NCCCN(C(=O)[C@H](C)O)[C@@H](c2nc(-c3cc(F)cc(F)c3F)nn2Cc2ccccc2)C(C)(C)C)cc1. The Labute approximate surface area is 457 Å². The van der Waals surface area contributed by atoms with Crippen LogP contribution < -0.4 is 27.0 Å². The lowest BCUT2D eigenvalue weighted by atomic mass is 9.84. The van der Waals surface area contributed by atoms with Crippen LogP contribution in [0.1, 0.15) is 116 Å². The average Bonchev–Trinajstić information content (AvgIpc) is 4.05. The van der Waals surface area contributed by atoms with Crippen LogP contribution in [0, 0.1) is 34.7 Å². The molecule has 3 aromatic carbocycles. The molecule has 0 spiro atoms. The summed E-state index contributed by atoms with van der Waals surface area (Å²) in [7, 11) is 0. The monoisotopic (exact) mass is 1100 g/mol. The molecule has 426 valence electrons. The Morgan fingerprint density at radius 3 is 2.14 bits per heavy atom. The number of rotatable bonds is 29. The average molecular weight is 1100 g/mol. The van der Waals surface area contributed by atoms with Crippen LogP contribution in [0.15, 0.2) is 78.9 Å². The van der Waals surface area contributed by atoms with Crippen LogP contribution in [-0.4, -0.2) is 115 Å². The van der Waals surface area contributed by atoms with E-state index in [4.69, 9.17) is 10.5 Å². The van der Waals surface area contributed by atoms with Crippen LogP contribution in [0.2, 0.25) is 0 Å². The number of hydrogen-bond acceptors (Lipinski definition) is 12. The molecule has 1 aromatic heterocycles. The minimum Gasteiger partial charge on any atom is -0.445 e. The van der Waals surface area contributed by atoms with Gasteiger partial charge in [-0.1, -0.05) is 83.5 Å². The van der Waals surface area contributed by atoms with Gasteiger partial charge in [0, 0.05) is 68.8 Å². The molecule has 1 aliphatic rings. The lowest BCUT2D eigenvalue weighted by molar-refractivity contribution is -0.145. The first-order chi connectivity index (χ1) is 37.4. The van der Waals surface area contributed by atoms with Gasteiger partial charge in [-0.2, -0.15) is 5.10 Å². The Hall–Kier alpha value is -7.95. The standard InChI is InChI=1S/C56H71F3N10O10/c1-34(2)48(64-44(72)18-11-8-12-27-67-45(73)23-24-46(67)74)43(71)29-38(17-13-25-61-54(60)77)52(75)63-40-21-19-37(20-22-40)33-79-55(78)62-26-14-28-68(53(76)35(3)70)49(56(4,5)6)51-65-50(41-30-39(57)31-42(58)47(41)59)66-69(51)32-36-15-9-7-10-16-36/h7,9-10,15-16,19-24,30-31,34-35,38,48-49,70H,8,11-14,17-18,25-29,32-33H2,1-6H3,(H,62,78)(H,63,75)(H,64,72)(H3,60,61,77)/t35-,38+,48-,49-/m0/s1. The highest BCUT2D eigenvalue weighted by atomic mass is 19.2. The minimum absolute atomic E-state index is 0.0135. The fourth-order valence-electron chi connectivity index (χ4n) is 8.94. The van der Waals surface area contributed by atoms with Crippen molar-refractivity contribution in [2.75, 3.05) is 31.5 Å². The normalized spacial score (nSPS) is 13.9. The largest absolute Gasteiger partial charge is 0.445 e. The Morgan fingerprint density at radius 1 is 0.835 bits per heavy atom. The van der Waals surface area contributed by atoms with Crippen LogP contribution >= 0.6 is 0 Å². The van der Waals surface area contributed by atoms with Gasteiger partial charge >= 0.3 is 12.1 Å². The number of nitrogens with zero attached hydrogens (tertiary/aromatic N) is 5. The molecule has 0 saturated heterocycles. The lowest BCUT2D eigenvalue weighted by Gasteiger charge is -2.40. The Bertz CT molecular complexity index is 2800. The third-order valence-electron chi connectivity index (χ3n) is 12.9. The Kier molecular flexibility index (Phi) is 22.8. The van der Waals surface area contributed by atoms with Crippen LogP contribution in [0.25, 0.3) is 11.4 Å². The number of primary amides is 1. The number of alkyl carbamates (subject to hydrolysis) is 1. The summed E-state index contributed by atoms with van der Waals surface area (Å²) in [6.45, 7) is 10.6. The molecule has 1 aliphatic heterocycles. The number of Topliss-reactive ketones (excluding diaryl/α,β-unsaturated/α-hetero) is 1. The van der Waals surface area contributed by atoms with Gasteiger partial charge in [0.05, 0.1) is 24.2 Å². The predicted octanol–water partition coefficient (Wildman–Crippen LogP) is 6.61. The van der Waals surface area contributed by atoms with E-state index < -0.39 is 76.5 Å². The Morgan fingerprint density at radius 2 is 1.51 bits per heavy atom. The second kappa shape index (κ2) is 29.1. The van der Waals surface area contributed by atoms with Crippen molar-refractivity contribution in [3.05, 3.63) is 113 Å². The molecule has 0 unspecified atom stereocenters.